The summed E-state index contributed by atoms with van der Waals surface area (Å²) in [7, 11) is 1.92. The first-order chi connectivity index (χ1) is 20.2. The number of fused-ring (bicyclic) bond motifs is 3. The normalized spacial score (nSPS) is 23.0. The predicted molar refractivity (Wildman–Crippen MR) is 145 cm³/mol. The smallest absolute Gasteiger partial charge is 0.431 e. The molecule has 0 spiro atoms. The third kappa shape index (κ3) is 5.57. The van der Waals surface area contributed by atoms with Gasteiger partial charge in [0.1, 0.15) is 29.4 Å². The molecule has 1 aromatic carbocycles. The van der Waals surface area contributed by atoms with Crippen molar-refractivity contribution in [1.82, 2.24) is 24.8 Å². The Morgan fingerprint density at radius 1 is 1.05 bits per heavy atom. The zero-order valence-corrected chi connectivity index (χ0v) is 23.5. The average Bonchev–Trinajstić information content (AvgIpc) is 3.48. The van der Waals surface area contributed by atoms with E-state index in [-0.39, 0.29) is 46.5 Å². The lowest BCUT2D eigenvalue weighted by molar-refractivity contribution is -0.144. The molecule has 2 aromatic heterocycles. The second-order valence-electron chi connectivity index (χ2n) is 11.2. The van der Waals surface area contributed by atoms with Crippen molar-refractivity contribution in [1.29, 1.82) is 0 Å². The Balaban J connectivity index is 1.60. The molecule has 0 radical (unpaired) electrons. The molecule has 6 rings (SSSR count). The Morgan fingerprint density at radius 3 is 2.35 bits per heavy atom. The number of hydrogen-bond acceptors (Lipinski definition) is 8. The highest BCUT2D eigenvalue weighted by atomic mass is 35.5. The van der Waals surface area contributed by atoms with Gasteiger partial charge in [-0.25, -0.2) is 0 Å². The number of aromatic hydroxyl groups is 1. The highest BCUT2D eigenvalue weighted by molar-refractivity contribution is 6.31. The summed E-state index contributed by atoms with van der Waals surface area (Å²) in [4.78, 5) is 26.3. The third-order valence-corrected chi connectivity index (χ3v) is 8.59. The molecular weight excluding hydrogens is 606 g/mol. The van der Waals surface area contributed by atoms with Crippen molar-refractivity contribution in [3.63, 3.8) is 0 Å². The van der Waals surface area contributed by atoms with Crippen LogP contribution in [0.15, 0.2) is 23.0 Å². The fourth-order valence-corrected chi connectivity index (χ4v) is 6.58. The van der Waals surface area contributed by atoms with Crippen molar-refractivity contribution < 1.29 is 36.2 Å². The first kappa shape index (κ1) is 29.8. The number of aromatic nitrogens is 3. The lowest BCUT2D eigenvalue weighted by Crippen LogP contribution is -2.51. The minimum absolute atomic E-state index is 0.0193. The van der Waals surface area contributed by atoms with Crippen LogP contribution in [0.5, 0.6) is 11.8 Å². The fourth-order valence-electron chi connectivity index (χ4n) is 6.27. The van der Waals surface area contributed by atoms with Crippen LogP contribution < -0.4 is 20.5 Å². The number of halogens is 7. The molecule has 2 bridgehead atoms. The first-order valence-electron chi connectivity index (χ1n) is 13.7. The number of benzene rings is 1. The quantitative estimate of drug-likeness (QED) is 0.395. The lowest BCUT2D eigenvalue weighted by Gasteiger charge is -2.34. The number of nitrogens with one attached hydrogen (secondary N) is 1. The van der Waals surface area contributed by atoms with Crippen molar-refractivity contribution in [3.05, 3.63) is 44.8 Å². The number of nitrogens with zero attached hydrogens (tertiary/aromatic N) is 5. The van der Waals surface area contributed by atoms with Crippen LogP contribution in [0, 0.1) is 0 Å². The minimum atomic E-state index is -5.30. The van der Waals surface area contributed by atoms with Crippen molar-refractivity contribution in [2.24, 2.45) is 0 Å². The summed E-state index contributed by atoms with van der Waals surface area (Å²) in [6.07, 6.45) is -7.09. The zero-order valence-electron chi connectivity index (χ0n) is 22.8. The van der Waals surface area contributed by atoms with Crippen molar-refractivity contribution in [3.8, 4) is 17.4 Å². The van der Waals surface area contributed by atoms with Crippen LogP contribution in [-0.2, 0) is 12.4 Å². The van der Waals surface area contributed by atoms with Gasteiger partial charge in [0.15, 0.2) is 0 Å². The van der Waals surface area contributed by atoms with Gasteiger partial charge in [-0.05, 0) is 51.4 Å². The number of phenolic OH excluding ortho intramolecular Hbond substituents is 1. The van der Waals surface area contributed by atoms with Crippen molar-refractivity contribution in [2.75, 3.05) is 38.2 Å². The summed E-state index contributed by atoms with van der Waals surface area (Å²) in [5, 5.41) is 12.1. The summed E-state index contributed by atoms with van der Waals surface area (Å²) in [6, 6.07) is 1.37. The highest BCUT2D eigenvalue weighted by Crippen LogP contribution is 2.43. The molecule has 9 nitrogen and oxygen atoms in total. The molecule has 232 valence electrons. The maximum Gasteiger partial charge on any atom is 0.431 e. The van der Waals surface area contributed by atoms with E-state index in [2.05, 4.69) is 20.2 Å². The average molecular weight is 633 g/mol. The molecule has 16 heteroatoms. The maximum atomic E-state index is 14.6. The van der Waals surface area contributed by atoms with Gasteiger partial charge in [0.25, 0.3) is 5.56 Å². The number of ether oxygens (including phenoxy) is 1. The summed E-state index contributed by atoms with van der Waals surface area (Å²) < 4.78 is 91.7. The van der Waals surface area contributed by atoms with Crippen LogP contribution in [0.1, 0.15) is 36.9 Å². The molecule has 3 aliphatic rings. The maximum absolute atomic E-state index is 14.6. The zero-order chi connectivity index (χ0) is 30.8. The molecule has 0 unspecified atom stereocenters. The number of likely N-dealkylation sites (N-methyl/N-ethyl adjacent to an activating group) is 1. The van der Waals surface area contributed by atoms with Gasteiger partial charge in [-0.1, -0.05) is 11.6 Å². The van der Waals surface area contributed by atoms with Gasteiger partial charge in [-0.2, -0.15) is 36.3 Å². The summed E-state index contributed by atoms with van der Waals surface area (Å²) in [5.41, 5.74) is -6.77. The van der Waals surface area contributed by atoms with E-state index in [9.17, 15) is 36.2 Å². The Bertz CT molecular complexity index is 1620. The molecule has 3 fully saturated rings. The van der Waals surface area contributed by atoms with Gasteiger partial charge in [0.2, 0.25) is 0 Å². The van der Waals surface area contributed by atoms with E-state index in [4.69, 9.17) is 16.3 Å². The van der Waals surface area contributed by atoms with Crippen LogP contribution in [0.2, 0.25) is 5.02 Å². The van der Waals surface area contributed by atoms with Crippen molar-refractivity contribution in [2.45, 2.75) is 56.2 Å². The second-order valence-corrected chi connectivity index (χ2v) is 11.6. The molecule has 0 aliphatic carbocycles. The van der Waals surface area contributed by atoms with Gasteiger partial charge < -0.3 is 25.0 Å². The van der Waals surface area contributed by atoms with Gasteiger partial charge >= 0.3 is 18.4 Å². The molecule has 43 heavy (non-hydrogen) atoms. The number of alkyl halides is 6. The predicted octanol–water partition coefficient (Wildman–Crippen LogP) is 4.59. The van der Waals surface area contributed by atoms with Gasteiger partial charge in [0, 0.05) is 37.3 Å². The number of phenols is 1. The summed E-state index contributed by atoms with van der Waals surface area (Å²) in [5.74, 6) is -0.838. The van der Waals surface area contributed by atoms with Gasteiger partial charge in [0.05, 0.1) is 21.7 Å². The number of piperazine rings is 1. The van der Waals surface area contributed by atoms with Crippen molar-refractivity contribution >= 4 is 28.3 Å². The SMILES string of the molecule is CN1CCC[C@H]1COc1nc(N2C[C@H]3CC[C@@H](C2)N3)c2cc(C(F)(F)F)n(-c3cc(O)cc(Cl)c3C(F)(F)F)c(=O)c2n1. The lowest BCUT2D eigenvalue weighted by atomic mass is 10.1. The minimum Gasteiger partial charge on any atom is -0.508 e. The second kappa shape index (κ2) is 10.7. The molecule has 3 aromatic rings. The van der Waals surface area contributed by atoms with E-state index in [1.807, 2.05) is 7.05 Å². The Morgan fingerprint density at radius 2 is 1.74 bits per heavy atom. The topological polar surface area (TPSA) is 95.8 Å². The third-order valence-electron chi connectivity index (χ3n) is 8.29. The molecule has 2 N–H and O–H groups in total. The Labute approximate surface area is 246 Å². The highest BCUT2D eigenvalue weighted by Gasteiger charge is 2.42. The molecule has 5 heterocycles. The molecular formula is C27H27ClF6N6O3. The molecule has 0 saturated carbocycles. The van der Waals surface area contributed by atoms with E-state index < -0.39 is 51.1 Å². The van der Waals surface area contributed by atoms with E-state index in [0.717, 1.165) is 32.2 Å². The molecule has 3 aliphatic heterocycles. The molecule has 3 saturated heterocycles. The largest absolute Gasteiger partial charge is 0.508 e. The van der Waals surface area contributed by atoms with Crippen LogP contribution in [0.3, 0.4) is 0 Å². The molecule has 0 amide bonds. The fraction of sp³-hybridized carbons (Fsp3) is 0.519. The first-order valence-corrected chi connectivity index (χ1v) is 14.1. The van der Waals surface area contributed by atoms with E-state index in [0.29, 0.717) is 31.3 Å². The monoisotopic (exact) mass is 632 g/mol. The van der Waals surface area contributed by atoms with Crippen LogP contribution in [0.25, 0.3) is 16.6 Å². The standard InChI is InChI=1S/C27H27ClF6N6O3/c1-38-6-2-3-15(38)12-43-25-36-22-17(23(37-25)39-10-13-4-5-14(11-39)35-13)9-20(26(29,30)31)40(24(22)42)19-8-16(41)7-18(28)21(19)27(32,33)34/h7-9,13-15,35,41H,2-6,10-12H2,1H3/t13-,14+,15-/m0/s1. The van der Waals surface area contributed by atoms with Crippen LogP contribution in [0.4, 0.5) is 32.2 Å². The summed E-state index contributed by atoms with van der Waals surface area (Å²) in [6.45, 7) is 1.76. The van der Waals surface area contributed by atoms with Gasteiger partial charge in [-0.3, -0.25) is 9.36 Å². The van der Waals surface area contributed by atoms with E-state index in [1.54, 1.807) is 4.90 Å². The number of hydrogen-bond donors (Lipinski definition) is 2. The number of likely N-dealkylation sites (tertiary alicyclic amines) is 1. The molecule has 3 atom stereocenters. The Hall–Kier alpha value is -3.30. The number of rotatable bonds is 5. The van der Waals surface area contributed by atoms with Gasteiger partial charge in [-0.15, -0.1) is 0 Å². The van der Waals surface area contributed by atoms with Crippen LogP contribution >= 0.6 is 11.6 Å². The summed E-state index contributed by atoms with van der Waals surface area (Å²) >= 11 is 5.77. The Kier molecular flexibility index (Phi) is 7.40. The van der Waals surface area contributed by atoms with E-state index in [1.165, 1.54) is 0 Å². The number of anilines is 1. The van der Waals surface area contributed by atoms with Crippen LogP contribution in [-0.4, -0.2) is 76.0 Å². The van der Waals surface area contributed by atoms with E-state index >= 15 is 0 Å². The number of pyridine rings is 1.